The lowest BCUT2D eigenvalue weighted by molar-refractivity contribution is -0.121. The molecule has 0 atom stereocenters. The number of carbonyl (C=O) groups excluding carboxylic acids is 2. The van der Waals surface area contributed by atoms with Gasteiger partial charge in [0, 0.05) is 4.47 Å². The molecule has 2 rings (SSSR count). The van der Waals surface area contributed by atoms with E-state index < -0.39 is 5.91 Å². The minimum Gasteiger partial charge on any atom is -0.493 e. The highest BCUT2D eigenvalue weighted by atomic mass is 79.9. The van der Waals surface area contributed by atoms with Crippen LogP contribution in [0.4, 0.5) is 0 Å². The van der Waals surface area contributed by atoms with Gasteiger partial charge >= 0.3 is 0 Å². The molecule has 0 heterocycles. The average molecular weight is 492 g/mol. The number of ether oxygens (including phenoxy) is 1. The van der Waals surface area contributed by atoms with E-state index in [0.29, 0.717) is 17.9 Å². The maximum absolute atomic E-state index is 12.6. The summed E-state index contributed by atoms with van der Waals surface area (Å²) in [6, 6.07) is 14.6. The van der Waals surface area contributed by atoms with Crippen LogP contribution >= 0.6 is 28.1 Å². The first-order valence-corrected chi connectivity index (χ1v) is 11.1. The summed E-state index contributed by atoms with van der Waals surface area (Å²) in [7, 11) is 0. The Hall–Kier alpha value is -2.45. The molecule has 3 N–H and O–H groups in total. The van der Waals surface area contributed by atoms with Gasteiger partial charge in [-0.2, -0.15) is 0 Å². The number of halogens is 1. The van der Waals surface area contributed by atoms with Gasteiger partial charge in [-0.05, 0) is 42.4 Å². The van der Waals surface area contributed by atoms with Gasteiger partial charge in [-0.3, -0.25) is 25.8 Å². The fraction of sp³-hybridized carbons (Fsp3) is 0.318. The number of nitrogens with one attached hydrogen (secondary N) is 3. The number of rotatable bonds is 9. The summed E-state index contributed by atoms with van der Waals surface area (Å²) in [6.45, 7) is 2.69. The van der Waals surface area contributed by atoms with Gasteiger partial charge in [0.1, 0.15) is 5.75 Å². The Morgan fingerprint density at radius 1 is 1.03 bits per heavy atom. The molecule has 30 heavy (non-hydrogen) atoms. The molecule has 0 spiro atoms. The highest BCUT2D eigenvalue weighted by Gasteiger charge is 2.15. The van der Waals surface area contributed by atoms with Gasteiger partial charge in [-0.15, -0.1) is 0 Å². The Kier molecular flexibility index (Phi) is 10.3. The van der Waals surface area contributed by atoms with E-state index in [0.717, 1.165) is 35.7 Å². The van der Waals surface area contributed by atoms with Crippen molar-refractivity contribution >= 4 is 45.1 Å². The van der Waals surface area contributed by atoms with Crippen LogP contribution < -0.4 is 20.9 Å². The number of amides is 2. The highest BCUT2D eigenvalue weighted by Crippen LogP contribution is 2.23. The monoisotopic (exact) mass is 491 g/mol. The third kappa shape index (κ3) is 8.51. The molecule has 0 unspecified atom stereocenters. The smallest absolute Gasteiger partial charge is 0.261 e. The Labute approximate surface area is 190 Å². The number of benzene rings is 2. The van der Waals surface area contributed by atoms with Crippen molar-refractivity contribution in [1.29, 1.82) is 0 Å². The van der Waals surface area contributed by atoms with Crippen molar-refractivity contribution in [1.82, 2.24) is 16.2 Å². The van der Waals surface area contributed by atoms with Crippen LogP contribution in [0.15, 0.2) is 53.0 Å². The molecule has 0 aliphatic rings. The maximum atomic E-state index is 12.6. The number of carbonyl (C=O) groups is 2. The zero-order valence-corrected chi connectivity index (χ0v) is 19.3. The summed E-state index contributed by atoms with van der Waals surface area (Å²) in [4.78, 5) is 24.6. The second kappa shape index (κ2) is 13.0. The molecule has 0 saturated carbocycles. The summed E-state index contributed by atoms with van der Waals surface area (Å²) >= 11 is 8.49. The molecule has 0 aliphatic carbocycles. The summed E-state index contributed by atoms with van der Waals surface area (Å²) in [5.41, 5.74) is 6.27. The molecule has 8 heteroatoms. The van der Waals surface area contributed by atoms with Gasteiger partial charge in [0.2, 0.25) is 5.91 Å². The van der Waals surface area contributed by atoms with E-state index in [4.69, 9.17) is 17.0 Å². The lowest BCUT2D eigenvalue weighted by atomic mass is 10.1. The number of unbranched alkanes of at least 4 members (excludes halogenated alkanes) is 3. The first-order chi connectivity index (χ1) is 14.5. The van der Waals surface area contributed by atoms with E-state index in [1.165, 1.54) is 0 Å². The van der Waals surface area contributed by atoms with Crippen LogP contribution in [0.5, 0.6) is 5.75 Å². The van der Waals surface area contributed by atoms with Crippen molar-refractivity contribution in [3.8, 4) is 5.75 Å². The Bertz CT molecular complexity index is 862. The van der Waals surface area contributed by atoms with Crippen molar-refractivity contribution < 1.29 is 14.3 Å². The Morgan fingerprint density at radius 2 is 1.80 bits per heavy atom. The zero-order valence-electron chi connectivity index (χ0n) is 16.9. The van der Waals surface area contributed by atoms with E-state index in [9.17, 15) is 9.59 Å². The predicted octanol–water partition coefficient (Wildman–Crippen LogP) is 4.29. The molecular weight excluding hydrogens is 466 g/mol. The quantitative estimate of drug-likeness (QED) is 0.277. The number of hydrogen-bond acceptors (Lipinski definition) is 4. The Morgan fingerprint density at radius 3 is 2.53 bits per heavy atom. The van der Waals surface area contributed by atoms with Crippen LogP contribution in [-0.2, 0) is 11.2 Å². The van der Waals surface area contributed by atoms with Crippen LogP contribution in [0.2, 0.25) is 0 Å². The van der Waals surface area contributed by atoms with Gasteiger partial charge in [-0.1, -0.05) is 72.4 Å². The van der Waals surface area contributed by atoms with Crippen molar-refractivity contribution in [3.05, 3.63) is 64.1 Å². The van der Waals surface area contributed by atoms with E-state index in [1.807, 2.05) is 36.4 Å². The SMILES string of the molecule is CCCCCCOc1ccc(Br)cc1C(=O)NC(=S)NNC(=O)Cc1ccccc1. The second-order valence-corrected chi connectivity index (χ2v) is 7.99. The van der Waals surface area contributed by atoms with Crippen LogP contribution in [0.1, 0.15) is 48.5 Å². The molecule has 0 bridgehead atoms. The zero-order chi connectivity index (χ0) is 21.8. The van der Waals surface area contributed by atoms with Gasteiger partial charge in [0.05, 0.1) is 18.6 Å². The third-order valence-electron chi connectivity index (χ3n) is 4.19. The molecule has 6 nitrogen and oxygen atoms in total. The summed E-state index contributed by atoms with van der Waals surface area (Å²) < 4.78 is 6.54. The van der Waals surface area contributed by atoms with E-state index in [-0.39, 0.29) is 17.4 Å². The van der Waals surface area contributed by atoms with Crippen LogP contribution in [0, 0.1) is 0 Å². The van der Waals surface area contributed by atoms with Crippen molar-refractivity contribution in [2.24, 2.45) is 0 Å². The normalized spacial score (nSPS) is 10.2. The number of hydrazine groups is 1. The van der Waals surface area contributed by atoms with E-state index in [1.54, 1.807) is 12.1 Å². The molecule has 0 saturated heterocycles. The topological polar surface area (TPSA) is 79.5 Å². The molecule has 160 valence electrons. The molecular formula is C22H26BrN3O3S. The van der Waals surface area contributed by atoms with Crippen LogP contribution in [0.25, 0.3) is 0 Å². The first-order valence-electron chi connectivity index (χ1n) is 9.86. The van der Waals surface area contributed by atoms with Crippen LogP contribution in [0.3, 0.4) is 0 Å². The van der Waals surface area contributed by atoms with Crippen molar-refractivity contribution in [2.45, 2.75) is 39.0 Å². The maximum Gasteiger partial charge on any atom is 0.261 e. The lowest BCUT2D eigenvalue weighted by Crippen LogP contribution is -2.48. The largest absolute Gasteiger partial charge is 0.493 e. The minimum atomic E-state index is -0.422. The molecule has 2 aromatic carbocycles. The predicted molar refractivity (Wildman–Crippen MR) is 125 cm³/mol. The summed E-state index contributed by atoms with van der Waals surface area (Å²) in [6.07, 6.45) is 4.53. The fourth-order valence-electron chi connectivity index (χ4n) is 2.67. The highest BCUT2D eigenvalue weighted by molar-refractivity contribution is 9.10. The molecule has 0 fully saturated rings. The van der Waals surface area contributed by atoms with E-state index in [2.05, 4.69) is 39.0 Å². The molecule has 0 aliphatic heterocycles. The third-order valence-corrected chi connectivity index (χ3v) is 4.89. The average Bonchev–Trinajstić information content (AvgIpc) is 2.73. The lowest BCUT2D eigenvalue weighted by Gasteiger charge is -2.14. The van der Waals surface area contributed by atoms with Gasteiger partial charge in [-0.25, -0.2) is 0 Å². The second-order valence-electron chi connectivity index (χ2n) is 6.67. The van der Waals surface area contributed by atoms with Crippen molar-refractivity contribution in [2.75, 3.05) is 6.61 Å². The van der Waals surface area contributed by atoms with E-state index >= 15 is 0 Å². The number of hydrogen-bond donors (Lipinski definition) is 3. The van der Waals surface area contributed by atoms with Crippen molar-refractivity contribution in [3.63, 3.8) is 0 Å². The van der Waals surface area contributed by atoms with Gasteiger partial charge in [0.15, 0.2) is 5.11 Å². The molecule has 2 amide bonds. The fourth-order valence-corrected chi connectivity index (χ4v) is 3.17. The van der Waals surface area contributed by atoms with Gasteiger partial charge in [0.25, 0.3) is 5.91 Å². The Balaban J connectivity index is 1.85. The first kappa shape index (κ1) is 23.8. The standard InChI is InChI=1S/C22H26BrN3O3S/c1-2-3-4-8-13-29-19-12-11-17(23)15-18(19)21(28)24-22(30)26-25-20(27)14-16-9-6-5-7-10-16/h5-7,9-12,15H,2-4,8,13-14H2,1H3,(H,25,27)(H2,24,26,28,30). The van der Waals surface area contributed by atoms with Crippen LogP contribution in [-0.4, -0.2) is 23.5 Å². The summed E-state index contributed by atoms with van der Waals surface area (Å²) in [5, 5.41) is 2.56. The summed E-state index contributed by atoms with van der Waals surface area (Å²) in [5.74, 6) is -0.200. The minimum absolute atomic E-state index is 0.00437. The number of thiocarbonyl (C=S) groups is 1. The van der Waals surface area contributed by atoms with Gasteiger partial charge < -0.3 is 4.74 Å². The molecule has 0 radical (unpaired) electrons. The molecule has 2 aromatic rings. The molecule has 0 aromatic heterocycles.